The monoisotopic (exact) mass is 313 g/mol. The fourth-order valence-corrected chi connectivity index (χ4v) is 2.63. The molecule has 0 aliphatic carbocycles. The van der Waals surface area contributed by atoms with Gasteiger partial charge >= 0.3 is 0 Å². The highest BCUT2D eigenvalue weighted by Crippen LogP contribution is 2.23. The highest BCUT2D eigenvalue weighted by atomic mass is 35.5. The van der Waals surface area contributed by atoms with Gasteiger partial charge in [0.05, 0.1) is 10.0 Å². The second kappa shape index (κ2) is 7.09. The van der Waals surface area contributed by atoms with Crippen molar-refractivity contribution in [1.29, 1.82) is 0 Å². The number of carbonyl (C=O) groups is 2. The number of hydrogen-bond acceptors (Lipinski definition) is 2. The smallest absolute Gasteiger partial charge is 0.223 e. The molecular formula is C15H17Cl2NO2. The first-order valence-corrected chi connectivity index (χ1v) is 7.59. The van der Waals surface area contributed by atoms with Crippen LogP contribution in [-0.2, 0) is 4.79 Å². The molecule has 2 rings (SSSR count). The zero-order valence-electron chi connectivity index (χ0n) is 11.2. The number of ketones is 1. The Morgan fingerprint density at radius 1 is 1.00 bits per heavy atom. The van der Waals surface area contributed by atoms with Gasteiger partial charge in [-0.05, 0) is 37.5 Å². The summed E-state index contributed by atoms with van der Waals surface area (Å²) in [4.78, 5) is 25.9. The highest BCUT2D eigenvalue weighted by Gasteiger charge is 2.18. The molecule has 0 bridgehead atoms. The molecule has 0 unspecified atom stereocenters. The zero-order chi connectivity index (χ0) is 14.5. The Morgan fingerprint density at radius 3 is 2.35 bits per heavy atom. The number of halogens is 2. The molecule has 0 saturated carbocycles. The van der Waals surface area contributed by atoms with Gasteiger partial charge in [-0.2, -0.15) is 0 Å². The molecule has 1 aromatic rings. The van der Waals surface area contributed by atoms with Crippen LogP contribution in [0.25, 0.3) is 0 Å². The van der Waals surface area contributed by atoms with E-state index >= 15 is 0 Å². The van der Waals surface area contributed by atoms with Crippen molar-refractivity contribution in [2.75, 3.05) is 13.1 Å². The van der Waals surface area contributed by atoms with E-state index in [9.17, 15) is 9.59 Å². The summed E-state index contributed by atoms with van der Waals surface area (Å²) >= 11 is 11.7. The van der Waals surface area contributed by atoms with Crippen molar-refractivity contribution >= 4 is 34.9 Å². The lowest BCUT2D eigenvalue weighted by molar-refractivity contribution is -0.132. The van der Waals surface area contributed by atoms with Gasteiger partial charge in [-0.25, -0.2) is 0 Å². The van der Waals surface area contributed by atoms with Crippen LogP contribution >= 0.6 is 23.2 Å². The van der Waals surface area contributed by atoms with Gasteiger partial charge in [0.25, 0.3) is 0 Å². The Morgan fingerprint density at radius 2 is 1.70 bits per heavy atom. The van der Waals surface area contributed by atoms with Crippen molar-refractivity contribution in [1.82, 2.24) is 4.90 Å². The molecule has 1 saturated heterocycles. The lowest BCUT2D eigenvalue weighted by Gasteiger charge is -2.26. The molecule has 3 nitrogen and oxygen atoms in total. The molecular weight excluding hydrogens is 297 g/mol. The second-order valence-electron chi connectivity index (χ2n) is 4.99. The summed E-state index contributed by atoms with van der Waals surface area (Å²) in [6.07, 6.45) is 3.79. The minimum atomic E-state index is -0.0751. The highest BCUT2D eigenvalue weighted by molar-refractivity contribution is 6.42. The fraction of sp³-hybridized carbons (Fsp3) is 0.467. The van der Waals surface area contributed by atoms with E-state index in [2.05, 4.69) is 0 Å². The summed E-state index contributed by atoms with van der Waals surface area (Å²) < 4.78 is 0. The summed E-state index contributed by atoms with van der Waals surface area (Å²) in [5.74, 6) is -0.00737. The maximum absolute atomic E-state index is 12.0. The largest absolute Gasteiger partial charge is 0.343 e. The van der Waals surface area contributed by atoms with Crippen LogP contribution in [0.5, 0.6) is 0 Å². The van der Waals surface area contributed by atoms with Crippen LogP contribution in [0.4, 0.5) is 0 Å². The molecule has 108 valence electrons. The molecule has 1 heterocycles. The first-order chi connectivity index (χ1) is 9.58. The molecule has 1 amide bonds. The number of rotatable bonds is 4. The fourth-order valence-electron chi connectivity index (χ4n) is 2.34. The number of amides is 1. The van der Waals surface area contributed by atoms with Gasteiger partial charge in [0.2, 0.25) is 5.91 Å². The Balaban J connectivity index is 1.88. The van der Waals surface area contributed by atoms with Crippen LogP contribution in [0.1, 0.15) is 42.5 Å². The number of nitrogens with zero attached hydrogens (tertiary/aromatic N) is 1. The number of Topliss-reactive ketones (excluding diaryl/α,β-unsaturated/α-hetero) is 1. The number of piperidine rings is 1. The number of carbonyl (C=O) groups excluding carboxylic acids is 2. The number of hydrogen-bond donors (Lipinski definition) is 0. The Kier molecular flexibility index (Phi) is 5.44. The van der Waals surface area contributed by atoms with Crippen molar-refractivity contribution in [2.24, 2.45) is 0 Å². The van der Waals surface area contributed by atoms with E-state index in [-0.39, 0.29) is 24.5 Å². The van der Waals surface area contributed by atoms with E-state index in [4.69, 9.17) is 23.2 Å². The lowest BCUT2D eigenvalue weighted by Crippen LogP contribution is -2.35. The first kappa shape index (κ1) is 15.3. The minimum Gasteiger partial charge on any atom is -0.343 e. The van der Waals surface area contributed by atoms with Crippen molar-refractivity contribution in [3.63, 3.8) is 0 Å². The molecule has 0 N–H and O–H groups in total. The molecule has 0 spiro atoms. The van der Waals surface area contributed by atoms with Gasteiger partial charge in [-0.15, -0.1) is 0 Å². The third kappa shape index (κ3) is 3.97. The summed E-state index contributed by atoms with van der Waals surface area (Å²) in [5.41, 5.74) is 0.505. The zero-order valence-corrected chi connectivity index (χ0v) is 12.7. The topological polar surface area (TPSA) is 37.4 Å². The molecule has 0 atom stereocenters. The van der Waals surface area contributed by atoms with Crippen LogP contribution in [0.3, 0.4) is 0 Å². The van der Waals surface area contributed by atoms with Gasteiger partial charge in [-0.3, -0.25) is 9.59 Å². The van der Waals surface area contributed by atoms with E-state index in [1.165, 1.54) is 6.42 Å². The molecule has 20 heavy (non-hydrogen) atoms. The van der Waals surface area contributed by atoms with Crippen molar-refractivity contribution < 1.29 is 9.59 Å². The summed E-state index contributed by atoms with van der Waals surface area (Å²) in [7, 11) is 0. The van der Waals surface area contributed by atoms with Crippen molar-refractivity contribution in [3.05, 3.63) is 33.8 Å². The SMILES string of the molecule is O=C(CCC(=O)N1CCCCC1)c1ccc(Cl)c(Cl)c1. The van der Waals surface area contributed by atoms with E-state index in [1.54, 1.807) is 18.2 Å². The third-order valence-electron chi connectivity index (χ3n) is 3.52. The summed E-state index contributed by atoms with van der Waals surface area (Å²) in [6.45, 7) is 1.64. The van der Waals surface area contributed by atoms with E-state index < -0.39 is 0 Å². The van der Waals surface area contributed by atoms with E-state index in [0.29, 0.717) is 15.6 Å². The average Bonchev–Trinajstić information content (AvgIpc) is 2.48. The van der Waals surface area contributed by atoms with E-state index in [0.717, 1.165) is 25.9 Å². The quantitative estimate of drug-likeness (QED) is 0.789. The first-order valence-electron chi connectivity index (χ1n) is 6.84. The van der Waals surface area contributed by atoms with Gasteiger partial charge in [0, 0.05) is 31.5 Å². The molecule has 1 aliphatic heterocycles. The normalized spacial score (nSPS) is 15.2. The number of likely N-dealkylation sites (tertiary alicyclic amines) is 1. The van der Waals surface area contributed by atoms with Gasteiger partial charge in [-0.1, -0.05) is 23.2 Å². The maximum atomic E-state index is 12.0. The van der Waals surface area contributed by atoms with Crippen LogP contribution in [0.2, 0.25) is 10.0 Å². The third-order valence-corrected chi connectivity index (χ3v) is 4.26. The second-order valence-corrected chi connectivity index (χ2v) is 5.81. The van der Waals surface area contributed by atoms with Crippen LogP contribution in [0.15, 0.2) is 18.2 Å². The van der Waals surface area contributed by atoms with Gasteiger partial charge in [0.15, 0.2) is 5.78 Å². The van der Waals surface area contributed by atoms with Crippen molar-refractivity contribution in [3.8, 4) is 0 Å². The summed E-state index contributed by atoms with van der Waals surface area (Å²) in [6, 6.07) is 4.79. The van der Waals surface area contributed by atoms with E-state index in [1.807, 2.05) is 4.90 Å². The van der Waals surface area contributed by atoms with Crippen LogP contribution < -0.4 is 0 Å². The van der Waals surface area contributed by atoms with Gasteiger partial charge < -0.3 is 4.90 Å². The molecule has 1 aromatic carbocycles. The van der Waals surface area contributed by atoms with Gasteiger partial charge in [0.1, 0.15) is 0 Å². The lowest BCUT2D eigenvalue weighted by atomic mass is 10.1. The van der Waals surface area contributed by atoms with Crippen LogP contribution in [0, 0.1) is 0 Å². The predicted molar refractivity (Wildman–Crippen MR) is 80.5 cm³/mol. The molecule has 0 aromatic heterocycles. The minimum absolute atomic E-state index is 0.0677. The molecule has 5 heteroatoms. The standard InChI is InChI=1S/C15H17Cl2NO2/c16-12-5-4-11(10-13(12)17)14(19)6-7-15(20)18-8-2-1-3-9-18/h4-5,10H,1-3,6-9H2. The average molecular weight is 314 g/mol. The molecule has 0 radical (unpaired) electrons. The maximum Gasteiger partial charge on any atom is 0.223 e. The Bertz CT molecular complexity index is 511. The van der Waals surface area contributed by atoms with Crippen molar-refractivity contribution in [2.45, 2.75) is 32.1 Å². The Hall–Kier alpha value is -1.06. The number of benzene rings is 1. The predicted octanol–water partition coefficient (Wildman–Crippen LogP) is 3.97. The summed E-state index contributed by atoms with van der Waals surface area (Å²) in [5, 5.41) is 0.785. The molecule has 1 aliphatic rings. The Labute approximate surface area is 128 Å². The molecule has 1 fully saturated rings. The van der Waals surface area contributed by atoms with Crippen LogP contribution in [-0.4, -0.2) is 29.7 Å².